The molecule has 0 bridgehead atoms. The molecule has 2 nitrogen and oxygen atoms in total. The Hall–Kier alpha value is -1.71. The Bertz CT molecular complexity index is 658. The number of aldehydes is 1. The predicted molar refractivity (Wildman–Crippen MR) is 70.0 cm³/mol. The standard InChI is InChI=1S/C15H15F2NO/c1-2-18-13-4-3-10(9-19)7-11(13)12-8-15(16,17)6-5-14(12)18/h3-4,7,9H,2,5-6,8H2,1H3. The first-order valence-electron chi connectivity index (χ1n) is 6.53. The fraction of sp³-hybridized carbons (Fsp3) is 0.400. The fourth-order valence-corrected chi connectivity index (χ4v) is 3.06. The number of hydrogen-bond acceptors (Lipinski definition) is 1. The molecule has 0 amide bonds. The van der Waals surface area contributed by atoms with Crippen LogP contribution < -0.4 is 0 Å². The number of carbonyl (C=O) groups excluding carboxylic acids is 1. The van der Waals surface area contributed by atoms with Crippen LogP contribution in [0, 0.1) is 0 Å². The molecule has 1 aliphatic carbocycles. The van der Waals surface area contributed by atoms with Crippen molar-refractivity contribution in [1.29, 1.82) is 0 Å². The fourth-order valence-electron chi connectivity index (χ4n) is 3.06. The van der Waals surface area contributed by atoms with Gasteiger partial charge in [-0.1, -0.05) is 0 Å². The highest BCUT2D eigenvalue weighted by Gasteiger charge is 2.36. The van der Waals surface area contributed by atoms with Crippen LogP contribution in [-0.2, 0) is 19.4 Å². The number of halogens is 2. The van der Waals surface area contributed by atoms with E-state index in [1.807, 2.05) is 13.0 Å². The molecule has 0 saturated heterocycles. The van der Waals surface area contributed by atoms with Gasteiger partial charge < -0.3 is 4.57 Å². The minimum atomic E-state index is -2.63. The van der Waals surface area contributed by atoms with E-state index in [-0.39, 0.29) is 12.8 Å². The first kappa shape index (κ1) is 12.3. The molecule has 1 aromatic heterocycles. The van der Waals surface area contributed by atoms with Crippen LogP contribution in [-0.4, -0.2) is 16.8 Å². The van der Waals surface area contributed by atoms with Gasteiger partial charge in [-0.05, 0) is 37.1 Å². The van der Waals surface area contributed by atoms with Gasteiger partial charge in [-0.3, -0.25) is 4.79 Å². The van der Waals surface area contributed by atoms with Gasteiger partial charge in [-0.25, -0.2) is 8.78 Å². The molecule has 3 rings (SSSR count). The van der Waals surface area contributed by atoms with Crippen LogP contribution in [0.15, 0.2) is 18.2 Å². The third kappa shape index (κ3) is 1.86. The van der Waals surface area contributed by atoms with Crippen molar-refractivity contribution in [2.75, 3.05) is 0 Å². The molecule has 0 saturated carbocycles. The number of rotatable bonds is 2. The van der Waals surface area contributed by atoms with E-state index in [1.54, 1.807) is 12.1 Å². The largest absolute Gasteiger partial charge is 0.345 e. The summed E-state index contributed by atoms with van der Waals surface area (Å²) < 4.78 is 29.3. The Labute approximate surface area is 110 Å². The van der Waals surface area contributed by atoms with Crippen LogP contribution in [0.3, 0.4) is 0 Å². The molecule has 100 valence electrons. The van der Waals surface area contributed by atoms with E-state index in [2.05, 4.69) is 4.57 Å². The number of alkyl halides is 2. The lowest BCUT2D eigenvalue weighted by atomic mass is 9.92. The van der Waals surface area contributed by atoms with Gasteiger partial charge in [0.15, 0.2) is 0 Å². The molecule has 0 atom stereocenters. The zero-order chi connectivity index (χ0) is 13.6. The molecule has 1 aromatic carbocycles. The lowest BCUT2D eigenvalue weighted by Crippen LogP contribution is -2.26. The lowest BCUT2D eigenvalue weighted by molar-refractivity contribution is -0.0125. The van der Waals surface area contributed by atoms with Gasteiger partial charge >= 0.3 is 0 Å². The van der Waals surface area contributed by atoms with Crippen LogP contribution in [0.5, 0.6) is 0 Å². The molecule has 0 fully saturated rings. The summed E-state index contributed by atoms with van der Waals surface area (Å²) in [4.78, 5) is 10.9. The summed E-state index contributed by atoms with van der Waals surface area (Å²) in [6, 6.07) is 5.33. The number of benzene rings is 1. The molecular formula is C15H15F2NO. The quantitative estimate of drug-likeness (QED) is 0.759. The van der Waals surface area contributed by atoms with Gasteiger partial charge in [0.05, 0.1) is 0 Å². The van der Waals surface area contributed by atoms with Crippen molar-refractivity contribution in [3.05, 3.63) is 35.0 Å². The van der Waals surface area contributed by atoms with Crippen LogP contribution >= 0.6 is 0 Å². The molecule has 1 heterocycles. The summed E-state index contributed by atoms with van der Waals surface area (Å²) >= 11 is 0. The van der Waals surface area contributed by atoms with Crippen LogP contribution in [0.1, 0.15) is 35.0 Å². The smallest absolute Gasteiger partial charge is 0.252 e. The van der Waals surface area contributed by atoms with Crippen molar-refractivity contribution in [1.82, 2.24) is 4.57 Å². The van der Waals surface area contributed by atoms with E-state index >= 15 is 0 Å². The average Bonchev–Trinajstić information content (AvgIpc) is 2.69. The number of fused-ring (bicyclic) bond motifs is 3. The Morgan fingerprint density at radius 3 is 2.89 bits per heavy atom. The normalized spacial score (nSPS) is 17.4. The van der Waals surface area contributed by atoms with Crippen LogP contribution in [0.25, 0.3) is 10.9 Å². The first-order chi connectivity index (χ1) is 9.05. The Morgan fingerprint density at radius 1 is 1.42 bits per heavy atom. The van der Waals surface area contributed by atoms with Crippen molar-refractivity contribution >= 4 is 17.2 Å². The monoisotopic (exact) mass is 263 g/mol. The van der Waals surface area contributed by atoms with Crippen molar-refractivity contribution in [3.63, 3.8) is 0 Å². The second kappa shape index (κ2) is 4.15. The van der Waals surface area contributed by atoms with Gasteiger partial charge in [0.25, 0.3) is 5.92 Å². The Balaban J connectivity index is 2.30. The molecule has 4 heteroatoms. The molecule has 0 spiro atoms. The Kier molecular flexibility index (Phi) is 2.69. The zero-order valence-corrected chi connectivity index (χ0v) is 10.7. The number of carbonyl (C=O) groups is 1. The summed E-state index contributed by atoms with van der Waals surface area (Å²) in [5.74, 6) is -2.63. The van der Waals surface area contributed by atoms with Gasteiger partial charge in [0.1, 0.15) is 6.29 Å². The van der Waals surface area contributed by atoms with Crippen molar-refractivity contribution in [3.8, 4) is 0 Å². The third-order valence-corrected chi connectivity index (χ3v) is 3.93. The maximum atomic E-state index is 13.6. The molecule has 1 aliphatic rings. The predicted octanol–water partition coefficient (Wildman–Crippen LogP) is 3.60. The van der Waals surface area contributed by atoms with Crippen LogP contribution in [0.2, 0.25) is 0 Å². The highest BCUT2D eigenvalue weighted by Crippen LogP contribution is 2.38. The Morgan fingerprint density at radius 2 is 2.21 bits per heavy atom. The number of hydrogen-bond donors (Lipinski definition) is 0. The minimum Gasteiger partial charge on any atom is -0.345 e. The van der Waals surface area contributed by atoms with E-state index in [0.717, 1.165) is 35.0 Å². The molecule has 0 radical (unpaired) electrons. The third-order valence-electron chi connectivity index (χ3n) is 3.93. The van der Waals surface area contributed by atoms with Crippen molar-refractivity contribution < 1.29 is 13.6 Å². The van der Waals surface area contributed by atoms with E-state index in [4.69, 9.17) is 0 Å². The summed E-state index contributed by atoms with van der Waals surface area (Å²) in [6.45, 7) is 2.78. The molecule has 19 heavy (non-hydrogen) atoms. The highest BCUT2D eigenvalue weighted by molar-refractivity contribution is 5.91. The van der Waals surface area contributed by atoms with Crippen LogP contribution in [0.4, 0.5) is 8.78 Å². The molecule has 0 unspecified atom stereocenters. The van der Waals surface area contributed by atoms with Gasteiger partial charge in [-0.15, -0.1) is 0 Å². The van der Waals surface area contributed by atoms with E-state index < -0.39 is 5.92 Å². The lowest BCUT2D eigenvalue weighted by Gasteiger charge is -2.23. The second-order valence-electron chi connectivity index (χ2n) is 5.10. The maximum absolute atomic E-state index is 13.6. The summed E-state index contributed by atoms with van der Waals surface area (Å²) in [7, 11) is 0. The summed E-state index contributed by atoms with van der Waals surface area (Å²) in [6.07, 6.45) is 0.863. The minimum absolute atomic E-state index is 0.0864. The topological polar surface area (TPSA) is 22.0 Å². The average molecular weight is 263 g/mol. The first-order valence-corrected chi connectivity index (χ1v) is 6.53. The van der Waals surface area contributed by atoms with E-state index in [9.17, 15) is 13.6 Å². The number of nitrogens with zero attached hydrogens (tertiary/aromatic N) is 1. The maximum Gasteiger partial charge on any atom is 0.252 e. The van der Waals surface area contributed by atoms with Crippen molar-refractivity contribution in [2.24, 2.45) is 0 Å². The molecule has 2 aromatic rings. The van der Waals surface area contributed by atoms with Gasteiger partial charge in [0.2, 0.25) is 0 Å². The van der Waals surface area contributed by atoms with Gasteiger partial charge in [-0.2, -0.15) is 0 Å². The highest BCUT2D eigenvalue weighted by atomic mass is 19.3. The molecule has 0 aliphatic heterocycles. The van der Waals surface area contributed by atoms with Gasteiger partial charge in [0, 0.05) is 41.5 Å². The number of aryl methyl sites for hydroxylation is 1. The molecule has 0 N–H and O–H groups in total. The van der Waals surface area contributed by atoms with E-state index in [0.29, 0.717) is 12.0 Å². The second-order valence-corrected chi connectivity index (χ2v) is 5.10. The zero-order valence-electron chi connectivity index (χ0n) is 10.7. The number of aromatic nitrogens is 1. The summed E-state index contributed by atoms with van der Waals surface area (Å²) in [5.41, 5.74) is 3.22. The SMILES string of the molecule is CCn1c2c(c3cc(C=O)ccc31)CC(F)(F)CC2. The van der Waals surface area contributed by atoms with E-state index in [1.165, 1.54) is 0 Å². The molecular weight excluding hydrogens is 248 g/mol. The van der Waals surface area contributed by atoms with Crippen molar-refractivity contribution in [2.45, 2.75) is 38.7 Å². The summed E-state index contributed by atoms with van der Waals surface area (Å²) in [5, 5.41) is 0.806.